The maximum absolute atomic E-state index is 12.6. The summed E-state index contributed by atoms with van der Waals surface area (Å²) < 4.78 is 10.5. The summed E-state index contributed by atoms with van der Waals surface area (Å²) in [5.41, 5.74) is 1.63. The molecule has 0 fully saturated rings. The van der Waals surface area contributed by atoms with E-state index in [1.165, 1.54) is 12.3 Å². The predicted molar refractivity (Wildman–Crippen MR) is 105 cm³/mol. The number of nitrogens with one attached hydrogen (secondary N) is 1. The summed E-state index contributed by atoms with van der Waals surface area (Å²) in [6, 6.07) is 10.7. The van der Waals surface area contributed by atoms with Crippen molar-refractivity contribution in [2.75, 3.05) is 6.61 Å². The fourth-order valence-electron chi connectivity index (χ4n) is 2.30. The Bertz CT molecular complexity index is 794. The minimum Gasteiger partial charge on any atom is -0.465 e. The zero-order valence-electron chi connectivity index (χ0n) is 16.5. The van der Waals surface area contributed by atoms with E-state index < -0.39 is 5.97 Å². The molecule has 5 heteroatoms. The average Bonchev–Trinajstić information content (AvgIpc) is 3.11. The van der Waals surface area contributed by atoms with E-state index in [9.17, 15) is 9.59 Å². The van der Waals surface area contributed by atoms with Gasteiger partial charge < -0.3 is 14.5 Å². The molecule has 5 nitrogen and oxygen atoms in total. The first-order valence-electron chi connectivity index (χ1n) is 9.01. The summed E-state index contributed by atoms with van der Waals surface area (Å²) in [5, 5.41) is 2.64. The molecule has 2 rings (SSSR count). The zero-order valence-corrected chi connectivity index (χ0v) is 16.5. The highest BCUT2D eigenvalue weighted by molar-refractivity contribution is 6.03. The van der Waals surface area contributed by atoms with Crippen LogP contribution in [-0.4, -0.2) is 18.5 Å². The van der Waals surface area contributed by atoms with Crippen molar-refractivity contribution in [3.63, 3.8) is 0 Å². The Labute approximate surface area is 160 Å². The summed E-state index contributed by atoms with van der Waals surface area (Å²) in [4.78, 5) is 25.0. The van der Waals surface area contributed by atoms with Gasteiger partial charge in [0.2, 0.25) is 0 Å². The van der Waals surface area contributed by atoms with E-state index in [4.69, 9.17) is 9.15 Å². The van der Waals surface area contributed by atoms with Gasteiger partial charge in [0.05, 0.1) is 12.9 Å². The molecule has 0 atom stereocenters. The van der Waals surface area contributed by atoms with Gasteiger partial charge >= 0.3 is 5.97 Å². The van der Waals surface area contributed by atoms with Gasteiger partial charge in [-0.1, -0.05) is 46.8 Å². The number of hydrogen-bond donors (Lipinski definition) is 1. The Morgan fingerprint density at radius 2 is 1.81 bits per heavy atom. The van der Waals surface area contributed by atoms with Crippen LogP contribution in [0.15, 0.2) is 52.8 Å². The Morgan fingerprint density at radius 1 is 1.15 bits per heavy atom. The minimum atomic E-state index is -0.597. The Kier molecular flexibility index (Phi) is 6.61. The van der Waals surface area contributed by atoms with Gasteiger partial charge in [-0.25, -0.2) is 4.79 Å². The van der Waals surface area contributed by atoms with Gasteiger partial charge in [0.25, 0.3) is 5.91 Å². The average molecular weight is 369 g/mol. The molecule has 144 valence electrons. The van der Waals surface area contributed by atoms with E-state index >= 15 is 0 Å². The molecule has 2 aromatic rings. The molecule has 1 N–H and O–H groups in total. The second-order valence-electron chi connectivity index (χ2n) is 7.85. The SMILES string of the molecule is CC(C)COC(=O)/C(=C\c1ccco1)NC(=O)c1ccc(C(C)(C)C)cc1. The van der Waals surface area contributed by atoms with Crippen LogP contribution in [0.4, 0.5) is 0 Å². The molecule has 0 radical (unpaired) electrons. The van der Waals surface area contributed by atoms with Crippen molar-refractivity contribution in [2.45, 2.75) is 40.0 Å². The lowest BCUT2D eigenvalue weighted by Crippen LogP contribution is -2.29. The van der Waals surface area contributed by atoms with Crippen LogP contribution in [-0.2, 0) is 14.9 Å². The standard InChI is InChI=1S/C22H27NO4/c1-15(2)14-27-21(25)19(13-18-7-6-12-26-18)23-20(24)16-8-10-17(11-9-16)22(3,4)5/h6-13,15H,14H2,1-5H3,(H,23,24)/b19-13+. The molecule has 1 amide bonds. The molecule has 0 aliphatic carbocycles. The summed E-state index contributed by atoms with van der Waals surface area (Å²) in [5.74, 6) is -0.330. The molecule has 27 heavy (non-hydrogen) atoms. The number of amides is 1. The van der Waals surface area contributed by atoms with Crippen LogP contribution >= 0.6 is 0 Å². The number of esters is 1. The summed E-state index contributed by atoms with van der Waals surface area (Å²) in [6.07, 6.45) is 2.96. The van der Waals surface area contributed by atoms with Gasteiger partial charge in [0.15, 0.2) is 0 Å². The van der Waals surface area contributed by atoms with Crippen LogP contribution in [0.3, 0.4) is 0 Å². The van der Waals surface area contributed by atoms with Crippen LogP contribution < -0.4 is 5.32 Å². The van der Waals surface area contributed by atoms with Crippen molar-refractivity contribution in [2.24, 2.45) is 5.92 Å². The fourth-order valence-corrected chi connectivity index (χ4v) is 2.30. The van der Waals surface area contributed by atoms with Crippen molar-refractivity contribution in [1.29, 1.82) is 0 Å². The van der Waals surface area contributed by atoms with E-state index in [0.717, 1.165) is 5.56 Å². The Morgan fingerprint density at radius 3 is 2.33 bits per heavy atom. The quantitative estimate of drug-likeness (QED) is 0.599. The topological polar surface area (TPSA) is 68.5 Å². The van der Waals surface area contributed by atoms with Crippen molar-refractivity contribution in [3.05, 3.63) is 65.2 Å². The molecule has 1 heterocycles. The summed E-state index contributed by atoms with van der Waals surface area (Å²) in [7, 11) is 0. The molecular weight excluding hydrogens is 342 g/mol. The smallest absolute Gasteiger partial charge is 0.354 e. The second kappa shape index (κ2) is 8.71. The van der Waals surface area contributed by atoms with Crippen molar-refractivity contribution < 1.29 is 18.7 Å². The van der Waals surface area contributed by atoms with Gasteiger partial charge in [-0.3, -0.25) is 4.79 Å². The van der Waals surface area contributed by atoms with Crippen molar-refractivity contribution in [1.82, 2.24) is 5.32 Å². The molecule has 0 saturated carbocycles. The first-order valence-corrected chi connectivity index (χ1v) is 9.01. The van der Waals surface area contributed by atoms with Gasteiger partial charge in [-0.15, -0.1) is 0 Å². The van der Waals surface area contributed by atoms with Crippen LogP contribution in [0, 0.1) is 5.92 Å². The maximum Gasteiger partial charge on any atom is 0.354 e. The molecule has 0 aliphatic rings. The van der Waals surface area contributed by atoms with Crippen LogP contribution in [0.2, 0.25) is 0 Å². The van der Waals surface area contributed by atoms with E-state index in [1.807, 2.05) is 26.0 Å². The van der Waals surface area contributed by atoms with Gasteiger partial charge in [0, 0.05) is 11.6 Å². The number of rotatable bonds is 6. The molecule has 0 aliphatic heterocycles. The highest BCUT2D eigenvalue weighted by atomic mass is 16.5. The van der Waals surface area contributed by atoms with Gasteiger partial charge in [0.1, 0.15) is 11.5 Å². The normalized spacial score (nSPS) is 12.1. The number of ether oxygens (including phenoxy) is 1. The van der Waals surface area contributed by atoms with E-state index in [0.29, 0.717) is 11.3 Å². The number of carbonyl (C=O) groups is 2. The Balaban J connectivity index is 2.19. The van der Waals surface area contributed by atoms with Gasteiger partial charge in [-0.05, 0) is 41.2 Å². The minimum absolute atomic E-state index is 0.00000779. The lowest BCUT2D eigenvalue weighted by molar-refractivity contribution is -0.140. The van der Waals surface area contributed by atoms with E-state index in [1.54, 1.807) is 24.3 Å². The first-order chi connectivity index (χ1) is 12.7. The predicted octanol–water partition coefficient (Wildman–Crippen LogP) is 4.55. The third kappa shape index (κ3) is 6.13. The molecule has 0 bridgehead atoms. The molecular formula is C22H27NO4. The second-order valence-corrected chi connectivity index (χ2v) is 7.85. The van der Waals surface area contributed by atoms with Crippen LogP contribution in [0.1, 0.15) is 56.3 Å². The lowest BCUT2D eigenvalue weighted by atomic mass is 9.87. The summed E-state index contributed by atoms with van der Waals surface area (Å²) >= 11 is 0. The van der Waals surface area contributed by atoms with Crippen molar-refractivity contribution >= 4 is 18.0 Å². The molecule has 0 saturated heterocycles. The number of hydrogen-bond acceptors (Lipinski definition) is 4. The molecule has 1 aromatic heterocycles. The third-order valence-corrected chi connectivity index (χ3v) is 3.86. The zero-order chi connectivity index (χ0) is 20.0. The summed E-state index contributed by atoms with van der Waals surface area (Å²) in [6.45, 7) is 10.5. The van der Waals surface area contributed by atoms with Crippen LogP contribution in [0.25, 0.3) is 6.08 Å². The fraction of sp³-hybridized carbons (Fsp3) is 0.364. The maximum atomic E-state index is 12.6. The number of carbonyl (C=O) groups excluding carboxylic acids is 2. The van der Waals surface area contributed by atoms with E-state index in [-0.39, 0.29) is 29.5 Å². The molecule has 1 aromatic carbocycles. The molecule has 0 spiro atoms. The van der Waals surface area contributed by atoms with Gasteiger partial charge in [-0.2, -0.15) is 0 Å². The van der Waals surface area contributed by atoms with E-state index in [2.05, 4.69) is 26.1 Å². The Hall–Kier alpha value is -2.82. The van der Waals surface area contributed by atoms with Crippen molar-refractivity contribution in [3.8, 4) is 0 Å². The van der Waals surface area contributed by atoms with Crippen LogP contribution in [0.5, 0.6) is 0 Å². The monoisotopic (exact) mass is 369 g/mol. The number of benzene rings is 1. The largest absolute Gasteiger partial charge is 0.465 e. The lowest BCUT2D eigenvalue weighted by Gasteiger charge is -2.19. The highest BCUT2D eigenvalue weighted by Gasteiger charge is 2.18. The third-order valence-electron chi connectivity index (χ3n) is 3.86. The first kappa shape index (κ1) is 20.5. The highest BCUT2D eigenvalue weighted by Crippen LogP contribution is 2.22. The number of furan rings is 1. The molecule has 0 unspecified atom stereocenters.